The number of hydrogen-bond donors (Lipinski definition) is 0. The van der Waals surface area contributed by atoms with Crippen LogP contribution in [0.1, 0.15) is 197 Å². The molecule has 0 N–H and O–H groups in total. The van der Waals surface area contributed by atoms with E-state index in [1.54, 1.807) is 0 Å². The molecular weight excluding hydrogens is 616 g/mol. The van der Waals surface area contributed by atoms with Crippen LogP contribution in [0, 0.1) is 0 Å². The molecule has 0 aliphatic rings. The van der Waals surface area contributed by atoms with Crippen molar-refractivity contribution < 1.29 is 33.2 Å². The van der Waals surface area contributed by atoms with Gasteiger partial charge < -0.3 is 33.2 Å². The summed E-state index contributed by atoms with van der Waals surface area (Å²) in [5, 5.41) is 0. The summed E-state index contributed by atoms with van der Waals surface area (Å²) in [6, 6.07) is 0. The molecule has 0 amide bonds. The average Bonchev–Trinajstić information content (AvgIpc) is 3.10. The Morgan fingerprint density at radius 3 is 0.959 bits per heavy atom. The second-order valence-electron chi connectivity index (χ2n) is 13.0. The Kier molecular flexibility index (Phi) is 35.3. The van der Waals surface area contributed by atoms with E-state index < -0.39 is 12.6 Å². The Morgan fingerprint density at radius 2 is 0.653 bits per heavy atom. The van der Waals surface area contributed by atoms with Crippen molar-refractivity contribution in [3.63, 3.8) is 0 Å². The van der Waals surface area contributed by atoms with Crippen LogP contribution in [-0.4, -0.2) is 52.2 Å². The molecule has 7 heteroatoms. The standard InChI is InChI=1S/C42H82O7/c1-9-17-21-23-25-27-29-31-33-37(43-13-5)39(45-15-7)41(47-35-19-11-3)49-42(48-36-20-12-4)40(46-16-8)38(44-14-6)34-32-30-28-26-24-22-18-10-2/h41-42H,9-36H2,1-8H3. The molecule has 0 spiro atoms. The van der Waals surface area contributed by atoms with E-state index in [-0.39, 0.29) is 0 Å². The number of unbranched alkanes of at least 4 members (excludes halogenated alkanes) is 16. The second kappa shape index (κ2) is 36.4. The topological polar surface area (TPSA) is 64.6 Å². The molecule has 0 rings (SSSR count). The van der Waals surface area contributed by atoms with Crippen molar-refractivity contribution in [2.45, 2.75) is 209 Å². The van der Waals surface area contributed by atoms with Gasteiger partial charge in [-0.25, -0.2) is 0 Å². The van der Waals surface area contributed by atoms with E-state index in [4.69, 9.17) is 33.2 Å². The van der Waals surface area contributed by atoms with Gasteiger partial charge in [-0.05, 0) is 53.4 Å². The molecule has 0 radical (unpaired) electrons. The van der Waals surface area contributed by atoms with Crippen molar-refractivity contribution in [2.24, 2.45) is 0 Å². The van der Waals surface area contributed by atoms with E-state index in [9.17, 15) is 0 Å². The molecule has 2 unspecified atom stereocenters. The highest BCUT2D eigenvalue weighted by Gasteiger charge is 2.32. The molecule has 49 heavy (non-hydrogen) atoms. The second-order valence-corrected chi connectivity index (χ2v) is 13.0. The molecule has 0 aromatic heterocycles. The van der Waals surface area contributed by atoms with Gasteiger partial charge >= 0.3 is 0 Å². The van der Waals surface area contributed by atoms with E-state index in [1.807, 2.05) is 27.7 Å². The zero-order chi connectivity index (χ0) is 36.2. The van der Waals surface area contributed by atoms with Crippen LogP contribution < -0.4 is 0 Å². The summed E-state index contributed by atoms with van der Waals surface area (Å²) in [6.07, 6.45) is 23.9. The van der Waals surface area contributed by atoms with Crippen LogP contribution >= 0.6 is 0 Å². The van der Waals surface area contributed by atoms with Crippen LogP contribution in [-0.2, 0) is 33.2 Å². The molecule has 7 nitrogen and oxygen atoms in total. The smallest absolute Gasteiger partial charge is 0.223 e. The van der Waals surface area contributed by atoms with Gasteiger partial charge in [0.15, 0.2) is 11.5 Å². The molecule has 0 aromatic rings. The number of hydrogen-bond acceptors (Lipinski definition) is 7. The minimum Gasteiger partial charge on any atom is -0.495 e. The lowest BCUT2D eigenvalue weighted by Crippen LogP contribution is -2.34. The van der Waals surface area contributed by atoms with Gasteiger partial charge in [0, 0.05) is 12.8 Å². The van der Waals surface area contributed by atoms with Crippen LogP contribution in [0.25, 0.3) is 0 Å². The normalized spacial score (nSPS) is 13.9. The minimum atomic E-state index is -0.796. The van der Waals surface area contributed by atoms with Gasteiger partial charge in [-0.15, -0.1) is 0 Å². The van der Waals surface area contributed by atoms with Crippen molar-refractivity contribution in [1.82, 2.24) is 0 Å². The first kappa shape index (κ1) is 47.6. The lowest BCUT2D eigenvalue weighted by Gasteiger charge is -2.30. The van der Waals surface area contributed by atoms with E-state index in [0.717, 1.165) is 62.9 Å². The van der Waals surface area contributed by atoms with Crippen LogP contribution in [0.5, 0.6) is 0 Å². The van der Waals surface area contributed by atoms with Gasteiger partial charge in [-0.1, -0.05) is 130 Å². The maximum Gasteiger partial charge on any atom is 0.223 e. The molecule has 0 fully saturated rings. The Bertz CT molecular complexity index is 704. The first-order valence-electron chi connectivity index (χ1n) is 20.9. The maximum atomic E-state index is 6.82. The van der Waals surface area contributed by atoms with Gasteiger partial charge in [-0.3, -0.25) is 0 Å². The number of allylic oxidation sites excluding steroid dienone is 2. The molecule has 0 aromatic carbocycles. The van der Waals surface area contributed by atoms with Gasteiger partial charge in [0.1, 0.15) is 11.5 Å². The zero-order valence-corrected chi connectivity index (χ0v) is 33.8. The van der Waals surface area contributed by atoms with Crippen LogP contribution in [0.2, 0.25) is 0 Å². The molecule has 0 saturated heterocycles. The predicted octanol–water partition coefficient (Wildman–Crippen LogP) is 12.9. The van der Waals surface area contributed by atoms with Crippen molar-refractivity contribution in [3.05, 3.63) is 23.0 Å². The highest BCUT2D eigenvalue weighted by Crippen LogP contribution is 2.28. The quantitative estimate of drug-likeness (QED) is 0.0361. The molecule has 0 aliphatic carbocycles. The monoisotopic (exact) mass is 699 g/mol. The molecular formula is C42H82O7. The average molecular weight is 699 g/mol. The van der Waals surface area contributed by atoms with Gasteiger partial charge in [-0.2, -0.15) is 0 Å². The summed E-state index contributed by atoms with van der Waals surface area (Å²) in [7, 11) is 0. The van der Waals surface area contributed by atoms with Crippen LogP contribution in [0.4, 0.5) is 0 Å². The summed E-state index contributed by atoms with van der Waals surface area (Å²) in [6.45, 7) is 20.1. The third kappa shape index (κ3) is 25.2. The summed E-state index contributed by atoms with van der Waals surface area (Å²) < 4.78 is 45.0. The maximum absolute atomic E-state index is 6.82. The third-order valence-electron chi connectivity index (χ3n) is 8.51. The van der Waals surface area contributed by atoms with Crippen molar-refractivity contribution >= 4 is 0 Å². The SMILES string of the molecule is CCCCCCCCCCC(OCC)=C(OCC)C(OCCCC)OC(OCCCC)C(OCC)=C(CCCCCCCCCC)OCC. The van der Waals surface area contributed by atoms with E-state index in [0.29, 0.717) is 51.2 Å². The summed E-state index contributed by atoms with van der Waals surface area (Å²) in [5.41, 5.74) is 0. The van der Waals surface area contributed by atoms with Gasteiger partial charge in [0.2, 0.25) is 12.6 Å². The van der Waals surface area contributed by atoms with Gasteiger partial charge in [0.25, 0.3) is 0 Å². The van der Waals surface area contributed by atoms with Gasteiger partial charge in [0.05, 0.1) is 39.6 Å². The van der Waals surface area contributed by atoms with E-state index in [1.165, 1.54) is 89.9 Å². The Morgan fingerprint density at radius 1 is 0.347 bits per heavy atom. The third-order valence-corrected chi connectivity index (χ3v) is 8.51. The molecule has 0 aliphatic heterocycles. The number of ether oxygens (including phenoxy) is 7. The van der Waals surface area contributed by atoms with Crippen LogP contribution in [0.3, 0.4) is 0 Å². The molecule has 0 heterocycles. The minimum absolute atomic E-state index is 0.485. The highest BCUT2D eigenvalue weighted by molar-refractivity contribution is 5.09. The van der Waals surface area contributed by atoms with Crippen molar-refractivity contribution in [2.75, 3.05) is 39.6 Å². The zero-order valence-electron chi connectivity index (χ0n) is 33.8. The highest BCUT2D eigenvalue weighted by atomic mass is 16.8. The molecule has 0 bridgehead atoms. The lowest BCUT2D eigenvalue weighted by molar-refractivity contribution is -0.242. The Labute approximate surface area is 304 Å². The Hall–Kier alpha value is -1.44. The number of rotatable bonds is 38. The molecule has 292 valence electrons. The fourth-order valence-electron chi connectivity index (χ4n) is 5.73. The fraction of sp³-hybridized carbons (Fsp3) is 0.905. The fourth-order valence-corrected chi connectivity index (χ4v) is 5.73. The predicted molar refractivity (Wildman–Crippen MR) is 205 cm³/mol. The van der Waals surface area contributed by atoms with Crippen molar-refractivity contribution in [3.8, 4) is 0 Å². The summed E-state index contributed by atoms with van der Waals surface area (Å²) in [5.74, 6) is 2.86. The van der Waals surface area contributed by atoms with Crippen LogP contribution in [0.15, 0.2) is 23.0 Å². The lowest BCUT2D eigenvalue weighted by atomic mass is 10.1. The molecule has 2 atom stereocenters. The van der Waals surface area contributed by atoms with Crippen molar-refractivity contribution in [1.29, 1.82) is 0 Å². The first-order chi connectivity index (χ1) is 24.1. The first-order valence-corrected chi connectivity index (χ1v) is 20.9. The van der Waals surface area contributed by atoms with E-state index in [2.05, 4.69) is 27.7 Å². The summed E-state index contributed by atoms with van der Waals surface area (Å²) in [4.78, 5) is 0. The summed E-state index contributed by atoms with van der Waals surface area (Å²) >= 11 is 0. The van der Waals surface area contributed by atoms with E-state index >= 15 is 0 Å². The Balaban J connectivity index is 6.31. The molecule has 0 saturated carbocycles. The largest absolute Gasteiger partial charge is 0.495 e.